The van der Waals surface area contributed by atoms with E-state index in [1.54, 1.807) is 0 Å². The monoisotopic (exact) mass is 159 g/mol. The van der Waals surface area contributed by atoms with E-state index in [9.17, 15) is 0 Å². The largest absolute Gasteiger partial charge is 0.363 e. The summed E-state index contributed by atoms with van der Waals surface area (Å²) in [4.78, 5) is 2.14. The molecule has 0 radical (unpaired) electrons. The van der Waals surface area contributed by atoms with Gasteiger partial charge in [0.25, 0.3) is 0 Å². The highest BCUT2D eigenvalue weighted by Gasteiger charge is 2.08. The van der Waals surface area contributed by atoms with Gasteiger partial charge in [0.2, 0.25) is 0 Å². The van der Waals surface area contributed by atoms with Crippen molar-refractivity contribution in [3.05, 3.63) is 0 Å². The standard InChI is InChI=1S/C9H21NO/c1-5-7-8-9(10(3)4)11-6-2/h9H,5-8H2,1-4H3. The van der Waals surface area contributed by atoms with Crippen molar-refractivity contribution in [2.75, 3.05) is 20.7 Å². The number of rotatable bonds is 6. The van der Waals surface area contributed by atoms with Crippen molar-refractivity contribution < 1.29 is 4.74 Å². The molecule has 0 bridgehead atoms. The molecule has 0 aromatic carbocycles. The van der Waals surface area contributed by atoms with Gasteiger partial charge in [-0.3, -0.25) is 4.90 Å². The third-order valence-corrected chi connectivity index (χ3v) is 1.74. The lowest BCUT2D eigenvalue weighted by Gasteiger charge is -2.23. The van der Waals surface area contributed by atoms with Crippen molar-refractivity contribution >= 4 is 0 Å². The van der Waals surface area contributed by atoms with Gasteiger partial charge in [-0.25, -0.2) is 0 Å². The first-order valence-electron chi connectivity index (χ1n) is 4.50. The first-order valence-corrected chi connectivity index (χ1v) is 4.50. The van der Waals surface area contributed by atoms with Crippen molar-refractivity contribution in [1.29, 1.82) is 0 Å². The van der Waals surface area contributed by atoms with Crippen LogP contribution in [0.5, 0.6) is 0 Å². The molecule has 1 atom stereocenters. The highest BCUT2D eigenvalue weighted by Crippen LogP contribution is 2.06. The Morgan fingerprint density at radius 2 is 1.91 bits per heavy atom. The molecule has 0 aliphatic rings. The van der Waals surface area contributed by atoms with Gasteiger partial charge in [-0.05, 0) is 33.9 Å². The molecule has 0 aliphatic heterocycles. The molecule has 1 unspecified atom stereocenters. The van der Waals surface area contributed by atoms with E-state index in [0.29, 0.717) is 6.23 Å². The SMILES string of the molecule is CCCCC(OCC)N(C)C. The first-order chi connectivity index (χ1) is 5.22. The molecule has 0 aromatic rings. The Bertz CT molecular complexity index is 83.6. The second-order valence-electron chi connectivity index (χ2n) is 3.02. The zero-order chi connectivity index (χ0) is 8.69. The summed E-state index contributed by atoms with van der Waals surface area (Å²) in [5.74, 6) is 0. The summed E-state index contributed by atoms with van der Waals surface area (Å²) in [6.45, 7) is 5.06. The van der Waals surface area contributed by atoms with Gasteiger partial charge in [0.05, 0.1) is 0 Å². The van der Waals surface area contributed by atoms with Gasteiger partial charge in [-0.2, -0.15) is 0 Å². The van der Waals surface area contributed by atoms with E-state index in [2.05, 4.69) is 25.9 Å². The lowest BCUT2D eigenvalue weighted by Crippen LogP contribution is -2.30. The molecule has 0 aliphatic carbocycles. The molecule has 0 fully saturated rings. The molecule has 0 rings (SSSR count). The van der Waals surface area contributed by atoms with Crippen LogP contribution >= 0.6 is 0 Å². The third-order valence-electron chi connectivity index (χ3n) is 1.74. The quantitative estimate of drug-likeness (QED) is 0.550. The molecule has 0 aromatic heterocycles. The fraction of sp³-hybridized carbons (Fsp3) is 1.00. The first kappa shape index (κ1) is 10.9. The molecule has 11 heavy (non-hydrogen) atoms. The lowest BCUT2D eigenvalue weighted by molar-refractivity contribution is -0.0360. The maximum atomic E-state index is 5.53. The van der Waals surface area contributed by atoms with E-state index in [1.807, 2.05) is 6.92 Å². The smallest absolute Gasteiger partial charge is 0.110 e. The van der Waals surface area contributed by atoms with Crippen molar-refractivity contribution in [3.8, 4) is 0 Å². The fourth-order valence-electron chi connectivity index (χ4n) is 1.06. The van der Waals surface area contributed by atoms with Gasteiger partial charge in [0.1, 0.15) is 6.23 Å². The van der Waals surface area contributed by atoms with Crippen LogP contribution in [0.2, 0.25) is 0 Å². The second-order valence-corrected chi connectivity index (χ2v) is 3.02. The zero-order valence-corrected chi connectivity index (χ0v) is 8.26. The summed E-state index contributed by atoms with van der Waals surface area (Å²) in [6.07, 6.45) is 3.97. The Morgan fingerprint density at radius 1 is 1.27 bits per heavy atom. The summed E-state index contributed by atoms with van der Waals surface area (Å²) in [6, 6.07) is 0. The van der Waals surface area contributed by atoms with Gasteiger partial charge >= 0.3 is 0 Å². The number of hydrogen-bond acceptors (Lipinski definition) is 2. The number of ether oxygens (including phenoxy) is 1. The minimum absolute atomic E-state index is 0.319. The van der Waals surface area contributed by atoms with Gasteiger partial charge in [0.15, 0.2) is 0 Å². The lowest BCUT2D eigenvalue weighted by atomic mass is 10.2. The van der Waals surface area contributed by atoms with E-state index in [1.165, 1.54) is 12.8 Å². The Kier molecular flexibility index (Phi) is 6.57. The van der Waals surface area contributed by atoms with Crippen molar-refractivity contribution in [2.24, 2.45) is 0 Å². The Morgan fingerprint density at radius 3 is 2.27 bits per heavy atom. The Balaban J connectivity index is 3.51. The van der Waals surface area contributed by atoms with Crippen molar-refractivity contribution in [3.63, 3.8) is 0 Å². The minimum Gasteiger partial charge on any atom is -0.363 e. The number of hydrogen-bond donors (Lipinski definition) is 0. The Hall–Kier alpha value is -0.0800. The van der Waals surface area contributed by atoms with Gasteiger partial charge in [0, 0.05) is 6.61 Å². The predicted molar refractivity (Wildman–Crippen MR) is 48.6 cm³/mol. The molecule has 0 heterocycles. The molecular weight excluding hydrogens is 138 g/mol. The molecule has 2 heteroatoms. The topological polar surface area (TPSA) is 12.5 Å². The highest BCUT2D eigenvalue weighted by molar-refractivity contribution is 4.53. The summed E-state index contributed by atoms with van der Waals surface area (Å²) in [5, 5.41) is 0. The summed E-state index contributed by atoms with van der Waals surface area (Å²) in [7, 11) is 4.13. The average Bonchev–Trinajstić information content (AvgIpc) is 1.97. The van der Waals surface area contributed by atoms with Crippen molar-refractivity contribution in [1.82, 2.24) is 4.90 Å². The van der Waals surface area contributed by atoms with E-state index < -0.39 is 0 Å². The molecule has 0 saturated carbocycles. The molecule has 0 amide bonds. The maximum absolute atomic E-state index is 5.53. The van der Waals surface area contributed by atoms with Gasteiger partial charge in [-0.1, -0.05) is 13.3 Å². The number of unbranched alkanes of at least 4 members (excludes halogenated alkanes) is 1. The molecule has 0 spiro atoms. The molecule has 2 nitrogen and oxygen atoms in total. The van der Waals surface area contributed by atoms with Crippen LogP contribution in [0, 0.1) is 0 Å². The van der Waals surface area contributed by atoms with Crippen LogP contribution in [0.25, 0.3) is 0 Å². The third kappa shape index (κ3) is 5.22. The maximum Gasteiger partial charge on any atom is 0.110 e. The van der Waals surface area contributed by atoms with Crippen LogP contribution in [-0.4, -0.2) is 31.8 Å². The van der Waals surface area contributed by atoms with Crippen LogP contribution < -0.4 is 0 Å². The van der Waals surface area contributed by atoms with E-state index in [-0.39, 0.29) is 0 Å². The van der Waals surface area contributed by atoms with Crippen LogP contribution in [0.1, 0.15) is 33.1 Å². The minimum atomic E-state index is 0.319. The zero-order valence-electron chi connectivity index (χ0n) is 8.26. The Labute approximate surface area is 70.5 Å². The molecule has 0 saturated heterocycles. The highest BCUT2D eigenvalue weighted by atomic mass is 16.5. The second kappa shape index (κ2) is 6.62. The van der Waals surface area contributed by atoms with E-state index in [4.69, 9.17) is 4.74 Å². The van der Waals surface area contributed by atoms with E-state index in [0.717, 1.165) is 13.0 Å². The van der Waals surface area contributed by atoms with Gasteiger partial charge < -0.3 is 4.74 Å². The van der Waals surface area contributed by atoms with Crippen molar-refractivity contribution in [2.45, 2.75) is 39.3 Å². The summed E-state index contributed by atoms with van der Waals surface area (Å²) < 4.78 is 5.53. The van der Waals surface area contributed by atoms with Crippen LogP contribution in [-0.2, 0) is 4.74 Å². The summed E-state index contributed by atoms with van der Waals surface area (Å²) >= 11 is 0. The average molecular weight is 159 g/mol. The van der Waals surface area contributed by atoms with Crippen LogP contribution in [0.4, 0.5) is 0 Å². The summed E-state index contributed by atoms with van der Waals surface area (Å²) in [5.41, 5.74) is 0. The fourth-order valence-corrected chi connectivity index (χ4v) is 1.06. The molecular formula is C9H21NO. The normalized spacial score (nSPS) is 13.9. The van der Waals surface area contributed by atoms with E-state index >= 15 is 0 Å². The molecule has 0 N–H and O–H groups in total. The van der Waals surface area contributed by atoms with Crippen LogP contribution in [0.3, 0.4) is 0 Å². The predicted octanol–water partition coefficient (Wildman–Crippen LogP) is 2.10. The molecule has 68 valence electrons. The van der Waals surface area contributed by atoms with Crippen LogP contribution in [0.15, 0.2) is 0 Å². The van der Waals surface area contributed by atoms with Gasteiger partial charge in [-0.15, -0.1) is 0 Å². The number of nitrogens with zero attached hydrogens (tertiary/aromatic N) is 1.